The number of thiazole rings is 1. The first-order chi connectivity index (χ1) is 8.58. The van der Waals surface area contributed by atoms with Crippen LogP contribution in [0.2, 0.25) is 0 Å². The van der Waals surface area contributed by atoms with Crippen LogP contribution in [0.25, 0.3) is 0 Å². The molecule has 1 N–H and O–H groups in total. The van der Waals surface area contributed by atoms with Crippen LogP contribution in [0, 0.1) is 17.0 Å². The molecule has 18 heavy (non-hydrogen) atoms. The van der Waals surface area contributed by atoms with Crippen LogP contribution < -0.4 is 5.32 Å². The monoisotopic (exact) mass is 263 g/mol. The summed E-state index contributed by atoms with van der Waals surface area (Å²) in [5.74, 6) is 0. The van der Waals surface area contributed by atoms with Crippen molar-refractivity contribution in [3.05, 3.63) is 50.5 Å². The van der Waals surface area contributed by atoms with Crippen LogP contribution in [0.15, 0.2) is 30.5 Å². The summed E-state index contributed by atoms with van der Waals surface area (Å²) in [6.07, 6.45) is 1.80. The normalized spacial score (nSPS) is 12.1. The summed E-state index contributed by atoms with van der Waals surface area (Å²) in [5, 5.41) is 14.9. The molecule has 0 aliphatic rings. The number of nitro benzene ring substituents is 1. The van der Waals surface area contributed by atoms with Gasteiger partial charge < -0.3 is 5.32 Å². The van der Waals surface area contributed by atoms with Gasteiger partial charge in [-0.3, -0.25) is 10.1 Å². The lowest BCUT2D eigenvalue weighted by molar-refractivity contribution is -0.384. The molecular weight excluding hydrogens is 250 g/mol. The molecule has 6 heteroatoms. The van der Waals surface area contributed by atoms with E-state index in [0.717, 1.165) is 9.88 Å². The summed E-state index contributed by atoms with van der Waals surface area (Å²) in [6, 6.07) is 6.57. The summed E-state index contributed by atoms with van der Waals surface area (Å²) in [4.78, 5) is 15.9. The van der Waals surface area contributed by atoms with Crippen molar-refractivity contribution in [1.82, 2.24) is 4.98 Å². The average Bonchev–Trinajstić information content (AvgIpc) is 2.76. The molecule has 1 unspecified atom stereocenters. The summed E-state index contributed by atoms with van der Waals surface area (Å²) >= 11 is 1.59. The Hall–Kier alpha value is -1.95. The SMILES string of the molecule is Cc1cnc(C(C)Nc2ccccc2[N+](=O)[O-])s1. The second kappa shape index (κ2) is 5.14. The number of aryl methyl sites for hydroxylation is 1. The van der Waals surface area contributed by atoms with E-state index in [2.05, 4.69) is 10.3 Å². The van der Waals surface area contributed by atoms with Gasteiger partial charge >= 0.3 is 0 Å². The quantitative estimate of drug-likeness (QED) is 0.676. The third-order valence-corrected chi connectivity index (χ3v) is 3.58. The van der Waals surface area contributed by atoms with Crippen molar-refractivity contribution >= 4 is 22.7 Å². The first-order valence-electron chi connectivity index (χ1n) is 5.50. The van der Waals surface area contributed by atoms with E-state index in [-0.39, 0.29) is 16.7 Å². The molecule has 0 bridgehead atoms. The molecule has 0 aliphatic heterocycles. The molecule has 5 nitrogen and oxygen atoms in total. The maximum Gasteiger partial charge on any atom is 0.292 e. The third kappa shape index (κ3) is 2.65. The standard InChI is InChI=1S/C12H13N3O2S/c1-8-7-13-12(18-8)9(2)14-10-5-3-4-6-11(10)15(16)17/h3-7,9,14H,1-2H3. The number of anilines is 1. The van der Waals surface area contributed by atoms with Gasteiger partial charge in [0.1, 0.15) is 10.7 Å². The van der Waals surface area contributed by atoms with Gasteiger partial charge in [0, 0.05) is 17.1 Å². The molecule has 2 rings (SSSR count). The number of hydrogen-bond donors (Lipinski definition) is 1. The van der Waals surface area contributed by atoms with Crippen LogP contribution in [0.5, 0.6) is 0 Å². The van der Waals surface area contributed by atoms with E-state index in [1.165, 1.54) is 6.07 Å². The minimum atomic E-state index is -0.387. The van der Waals surface area contributed by atoms with E-state index in [9.17, 15) is 10.1 Å². The lowest BCUT2D eigenvalue weighted by Gasteiger charge is -2.12. The predicted molar refractivity (Wildman–Crippen MR) is 72.0 cm³/mol. The zero-order valence-corrected chi connectivity index (χ0v) is 10.9. The first-order valence-corrected chi connectivity index (χ1v) is 6.32. The minimum Gasteiger partial charge on any atom is -0.371 e. The lowest BCUT2D eigenvalue weighted by atomic mass is 10.2. The molecule has 0 saturated heterocycles. The van der Waals surface area contributed by atoms with E-state index in [1.807, 2.05) is 13.8 Å². The van der Waals surface area contributed by atoms with E-state index in [0.29, 0.717) is 5.69 Å². The molecular formula is C12H13N3O2S. The highest BCUT2D eigenvalue weighted by Gasteiger charge is 2.16. The Morgan fingerprint density at radius 1 is 1.44 bits per heavy atom. The molecule has 0 amide bonds. The van der Waals surface area contributed by atoms with Crippen LogP contribution in [-0.4, -0.2) is 9.91 Å². The summed E-state index contributed by atoms with van der Waals surface area (Å²) in [7, 11) is 0. The Morgan fingerprint density at radius 3 is 2.78 bits per heavy atom. The topological polar surface area (TPSA) is 68.1 Å². The maximum absolute atomic E-state index is 10.9. The highest BCUT2D eigenvalue weighted by Crippen LogP contribution is 2.28. The van der Waals surface area contributed by atoms with Crippen molar-refractivity contribution in [3.63, 3.8) is 0 Å². The van der Waals surface area contributed by atoms with E-state index in [4.69, 9.17) is 0 Å². The Balaban J connectivity index is 2.21. The number of nitro groups is 1. The summed E-state index contributed by atoms with van der Waals surface area (Å²) in [6.45, 7) is 3.92. The van der Waals surface area contributed by atoms with Gasteiger partial charge in [-0.05, 0) is 19.9 Å². The number of nitrogens with zero attached hydrogens (tertiary/aromatic N) is 2. The van der Waals surface area contributed by atoms with Crippen LogP contribution in [0.4, 0.5) is 11.4 Å². The van der Waals surface area contributed by atoms with Crippen molar-refractivity contribution in [2.24, 2.45) is 0 Å². The fourth-order valence-corrected chi connectivity index (χ4v) is 2.40. The fraction of sp³-hybridized carbons (Fsp3) is 0.250. The van der Waals surface area contributed by atoms with Gasteiger partial charge in [-0.2, -0.15) is 0 Å². The Bertz CT molecular complexity index is 568. The van der Waals surface area contributed by atoms with E-state index in [1.54, 1.807) is 35.7 Å². The van der Waals surface area contributed by atoms with Crippen molar-refractivity contribution < 1.29 is 4.92 Å². The number of para-hydroxylation sites is 2. The summed E-state index contributed by atoms with van der Waals surface area (Å²) < 4.78 is 0. The molecule has 94 valence electrons. The lowest BCUT2D eigenvalue weighted by Crippen LogP contribution is -2.07. The van der Waals surface area contributed by atoms with Crippen LogP contribution in [0.1, 0.15) is 22.9 Å². The van der Waals surface area contributed by atoms with Crippen LogP contribution >= 0.6 is 11.3 Å². The molecule has 0 radical (unpaired) electrons. The van der Waals surface area contributed by atoms with E-state index < -0.39 is 0 Å². The van der Waals surface area contributed by atoms with Gasteiger partial charge in [0.25, 0.3) is 5.69 Å². The zero-order valence-electron chi connectivity index (χ0n) is 10.1. The second-order valence-corrected chi connectivity index (χ2v) is 5.22. The number of aromatic nitrogens is 1. The molecule has 1 heterocycles. The van der Waals surface area contributed by atoms with Gasteiger partial charge in [0.2, 0.25) is 0 Å². The molecule has 0 fully saturated rings. The minimum absolute atomic E-state index is 0.0511. The number of benzene rings is 1. The van der Waals surface area contributed by atoms with Crippen molar-refractivity contribution in [3.8, 4) is 0 Å². The smallest absolute Gasteiger partial charge is 0.292 e. The molecule has 0 saturated carbocycles. The number of nitrogens with one attached hydrogen (secondary N) is 1. The molecule has 1 aromatic carbocycles. The molecule has 2 aromatic rings. The van der Waals surface area contributed by atoms with E-state index >= 15 is 0 Å². The van der Waals surface area contributed by atoms with Gasteiger partial charge in [-0.25, -0.2) is 4.98 Å². The van der Waals surface area contributed by atoms with Crippen molar-refractivity contribution in [2.45, 2.75) is 19.9 Å². The maximum atomic E-state index is 10.9. The third-order valence-electron chi connectivity index (χ3n) is 2.48. The molecule has 1 atom stereocenters. The second-order valence-electron chi connectivity index (χ2n) is 3.95. The average molecular weight is 263 g/mol. The highest BCUT2D eigenvalue weighted by atomic mass is 32.1. The highest BCUT2D eigenvalue weighted by molar-refractivity contribution is 7.11. The largest absolute Gasteiger partial charge is 0.371 e. The number of rotatable bonds is 4. The Kier molecular flexibility index (Phi) is 3.57. The van der Waals surface area contributed by atoms with Gasteiger partial charge in [0.05, 0.1) is 11.0 Å². The van der Waals surface area contributed by atoms with Gasteiger partial charge in [-0.15, -0.1) is 11.3 Å². The zero-order chi connectivity index (χ0) is 13.1. The molecule has 0 aliphatic carbocycles. The molecule has 0 spiro atoms. The Labute approximate surface area is 109 Å². The van der Waals surface area contributed by atoms with Crippen LogP contribution in [-0.2, 0) is 0 Å². The van der Waals surface area contributed by atoms with Crippen molar-refractivity contribution in [1.29, 1.82) is 0 Å². The Morgan fingerprint density at radius 2 is 2.17 bits per heavy atom. The first kappa shape index (κ1) is 12.5. The number of hydrogen-bond acceptors (Lipinski definition) is 5. The van der Waals surface area contributed by atoms with Gasteiger partial charge in [-0.1, -0.05) is 12.1 Å². The fourth-order valence-electron chi connectivity index (χ4n) is 1.62. The predicted octanol–water partition coefficient (Wildman–Crippen LogP) is 3.53. The van der Waals surface area contributed by atoms with Crippen molar-refractivity contribution in [2.75, 3.05) is 5.32 Å². The summed E-state index contributed by atoms with van der Waals surface area (Å²) in [5.41, 5.74) is 0.598. The molecule has 1 aromatic heterocycles. The van der Waals surface area contributed by atoms with Crippen LogP contribution in [0.3, 0.4) is 0 Å². The van der Waals surface area contributed by atoms with Gasteiger partial charge in [0.15, 0.2) is 0 Å².